The fourth-order valence-electron chi connectivity index (χ4n) is 3.08. The number of ketones is 1. The number of H-pyrrole nitrogens is 1. The summed E-state index contributed by atoms with van der Waals surface area (Å²) in [5.74, 6) is -1.72. The van der Waals surface area contributed by atoms with Crippen molar-refractivity contribution in [2.45, 2.75) is 30.6 Å². The minimum absolute atomic E-state index is 0.0948. The molecule has 0 atom stereocenters. The van der Waals surface area contributed by atoms with Crippen LogP contribution in [0.1, 0.15) is 46.5 Å². The first-order valence-electron chi connectivity index (χ1n) is 9.12. The van der Waals surface area contributed by atoms with Crippen LogP contribution in [0.4, 0.5) is 5.69 Å². The van der Waals surface area contributed by atoms with E-state index in [4.69, 9.17) is 5.11 Å². The van der Waals surface area contributed by atoms with E-state index < -0.39 is 21.8 Å². The van der Waals surface area contributed by atoms with Crippen LogP contribution in [0.15, 0.2) is 41.4 Å². The molecule has 1 aliphatic heterocycles. The van der Waals surface area contributed by atoms with Crippen molar-refractivity contribution in [2.24, 2.45) is 0 Å². The Bertz CT molecular complexity index is 1040. The van der Waals surface area contributed by atoms with Gasteiger partial charge < -0.3 is 15.0 Å². The minimum atomic E-state index is -3.98. The number of carboxylic acids is 1. The van der Waals surface area contributed by atoms with Gasteiger partial charge in [0.2, 0.25) is 0 Å². The van der Waals surface area contributed by atoms with E-state index in [2.05, 4.69) is 9.71 Å². The van der Waals surface area contributed by atoms with Crippen LogP contribution < -0.4 is 4.72 Å². The summed E-state index contributed by atoms with van der Waals surface area (Å²) in [5.41, 5.74) is 0.579. The fraction of sp³-hybridized carbons (Fsp3) is 0.316. The second-order valence-corrected chi connectivity index (χ2v) is 8.43. The summed E-state index contributed by atoms with van der Waals surface area (Å²) in [5, 5.41) is 8.68. The number of carbonyl (C=O) groups is 3. The van der Waals surface area contributed by atoms with Gasteiger partial charge >= 0.3 is 5.97 Å². The summed E-state index contributed by atoms with van der Waals surface area (Å²) < 4.78 is 27.6. The van der Waals surface area contributed by atoms with Crippen LogP contribution in [0.25, 0.3) is 0 Å². The number of aromatic nitrogens is 1. The number of aliphatic carboxylic acids is 1. The molecule has 1 aromatic carbocycles. The maximum Gasteiger partial charge on any atom is 0.303 e. The van der Waals surface area contributed by atoms with E-state index in [1.54, 1.807) is 4.90 Å². The first-order chi connectivity index (χ1) is 13.8. The predicted molar refractivity (Wildman–Crippen MR) is 104 cm³/mol. The lowest BCUT2D eigenvalue weighted by molar-refractivity contribution is -0.136. The third-order valence-corrected chi connectivity index (χ3v) is 5.95. The number of hydrogen-bond donors (Lipinski definition) is 3. The van der Waals surface area contributed by atoms with Crippen molar-refractivity contribution in [1.29, 1.82) is 0 Å². The molecule has 1 amide bonds. The quantitative estimate of drug-likeness (QED) is 0.561. The highest BCUT2D eigenvalue weighted by molar-refractivity contribution is 7.92. The Morgan fingerprint density at radius 2 is 1.83 bits per heavy atom. The first-order valence-corrected chi connectivity index (χ1v) is 10.6. The zero-order chi connectivity index (χ0) is 21.0. The van der Waals surface area contributed by atoms with Crippen molar-refractivity contribution in [3.05, 3.63) is 47.8 Å². The molecule has 0 bridgehead atoms. The van der Waals surface area contributed by atoms with Crippen molar-refractivity contribution < 1.29 is 27.9 Å². The second-order valence-electron chi connectivity index (χ2n) is 6.75. The summed E-state index contributed by atoms with van der Waals surface area (Å²) >= 11 is 0. The van der Waals surface area contributed by atoms with Gasteiger partial charge in [-0.05, 0) is 31.0 Å². The molecule has 10 heteroatoms. The van der Waals surface area contributed by atoms with Gasteiger partial charge in [0.25, 0.3) is 15.9 Å². The number of amides is 1. The van der Waals surface area contributed by atoms with Crippen molar-refractivity contribution in [2.75, 3.05) is 17.8 Å². The van der Waals surface area contributed by atoms with Gasteiger partial charge in [0.1, 0.15) is 10.6 Å². The van der Waals surface area contributed by atoms with Crippen LogP contribution in [0.3, 0.4) is 0 Å². The van der Waals surface area contributed by atoms with Gasteiger partial charge in [-0.2, -0.15) is 0 Å². The first kappa shape index (κ1) is 20.6. The Morgan fingerprint density at radius 1 is 1.10 bits per heavy atom. The summed E-state index contributed by atoms with van der Waals surface area (Å²) in [4.78, 5) is 39.3. The summed E-state index contributed by atoms with van der Waals surface area (Å²) in [6.07, 6.45) is 2.63. The number of aromatic amines is 1. The number of hydrogen-bond acceptors (Lipinski definition) is 5. The molecule has 1 fully saturated rings. The van der Waals surface area contributed by atoms with Gasteiger partial charge in [-0.15, -0.1) is 0 Å². The van der Waals surface area contributed by atoms with Crippen LogP contribution in [-0.2, 0) is 14.8 Å². The number of Topliss-reactive ketones (excluding diaryl/α,β-unsaturated/α-hetero) is 1. The zero-order valence-electron chi connectivity index (χ0n) is 15.6. The van der Waals surface area contributed by atoms with Crippen molar-refractivity contribution in [3.8, 4) is 0 Å². The van der Waals surface area contributed by atoms with Crippen LogP contribution in [0.2, 0.25) is 0 Å². The van der Waals surface area contributed by atoms with E-state index in [0.29, 0.717) is 13.1 Å². The smallest absolute Gasteiger partial charge is 0.303 e. The van der Waals surface area contributed by atoms with E-state index in [9.17, 15) is 22.8 Å². The topological polar surface area (TPSA) is 137 Å². The van der Waals surface area contributed by atoms with Crippen LogP contribution >= 0.6 is 0 Å². The molecule has 3 N–H and O–H groups in total. The molecule has 1 saturated heterocycles. The Balaban J connectivity index is 1.73. The molecule has 9 nitrogen and oxygen atoms in total. The summed E-state index contributed by atoms with van der Waals surface area (Å²) in [6, 6.07) is 7.11. The molecule has 0 unspecified atom stereocenters. The molecule has 154 valence electrons. The highest BCUT2D eigenvalue weighted by Gasteiger charge is 2.24. The number of likely N-dealkylation sites (tertiary alicyclic amines) is 1. The number of anilines is 1. The van der Waals surface area contributed by atoms with Crippen molar-refractivity contribution >= 4 is 33.4 Å². The van der Waals surface area contributed by atoms with Gasteiger partial charge in [-0.3, -0.25) is 19.1 Å². The SMILES string of the molecule is O=C(O)CCC(=O)c1cccc(NS(=O)(=O)c2c[nH]c(C(=O)N3CCCC3)c2)c1. The monoisotopic (exact) mass is 419 g/mol. The summed E-state index contributed by atoms with van der Waals surface area (Å²) in [7, 11) is -3.98. The fourth-order valence-corrected chi connectivity index (χ4v) is 4.12. The van der Waals surface area contributed by atoms with E-state index in [-0.39, 0.29) is 40.6 Å². The lowest BCUT2D eigenvalue weighted by atomic mass is 10.1. The van der Waals surface area contributed by atoms with Gasteiger partial charge in [-0.1, -0.05) is 12.1 Å². The van der Waals surface area contributed by atoms with Crippen molar-refractivity contribution in [3.63, 3.8) is 0 Å². The highest BCUT2D eigenvalue weighted by atomic mass is 32.2. The van der Waals surface area contributed by atoms with Crippen molar-refractivity contribution in [1.82, 2.24) is 9.88 Å². The third-order valence-electron chi connectivity index (χ3n) is 4.59. The second kappa shape index (κ2) is 8.48. The number of carbonyl (C=O) groups excluding carboxylic acids is 2. The predicted octanol–water partition coefficient (Wildman–Crippen LogP) is 2.10. The number of nitrogens with one attached hydrogen (secondary N) is 2. The molecule has 29 heavy (non-hydrogen) atoms. The number of benzene rings is 1. The number of rotatable bonds is 8. The lowest BCUT2D eigenvalue weighted by Gasteiger charge is -2.13. The Hall–Kier alpha value is -3.14. The molecular formula is C19H21N3O6S. The molecule has 0 radical (unpaired) electrons. The lowest BCUT2D eigenvalue weighted by Crippen LogP contribution is -2.27. The molecule has 2 heterocycles. The standard InChI is InChI=1S/C19H21N3O6S/c23-17(6-7-18(24)25)13-4-3-5-14(10-13)21-29(27,28)15-11-16(20-12-15)19(26)22-8-1-2-9-22/h3-5,10-12,20-21H,1-2,6-9H2,(H,24,25). The maximum absolute atomic E-state index is 12.6. The van der Waals surface area contributed by atoms with E-state index in [1.165, 1.54) is 36.5 Å². The minimum Gasteiger partial charge on any atom is -0.481 e. The molecule has 3 rings (SSSR count). The van der Waals surface area contributed by atoms with Gasteiger partial charge in [0.15, 0.2) is 5.78 Å². The Morgan fingerprint density at radius 3 is 2.52 bits per heavy atom. The largest absolute Gasteiger partial charge is 0.481 e. The number of carboxylic acid groups (broad SMARTS) is 1. The van der Waals surface area contributed by atoms with E-state index in [1.807, 2.05) is 0 Å². The van der Waals surface area contributed by atoms with E-state index in [0.717, 1.165) is 12.8 Å². The van der Waals surface area contributed by atoms with Crippen LogP contribution in [-0.4, -0.2) is 54.2 Å². The maximum atomic E-state index is 12.6. The molecule has 0 aliphatic carbocycles. The molecule has 0 spiro atoms. The van der Waals surface area contributed by atoms with Crippen LogP contribution in [0, 0.1) is 0 Å². The van der Waals surface area contributed by atoms with Gasteiger partial charge in [0.05, 0.1) is 6.42 Å². The average molecular weight is 419 g/mol. The Labute approximate surface area is 167 Å². The molecular weight excluding hydrogens is 398 g/mol. The molecule has 0 saturated carbocycles. The summed E-state index contributed by atoms with van der Waals surface area (Å²) in [6.45, 7) is 1.31. The van der Waals surface area contributed by atoms with E-state index >= 15 is 0 Å². The molecule has 1 aromatic heterocycles. The average Bonchev–Trinajstić information content (AvgIpc) is 3.37. The number of nitrogens with zero attached hydrogens (tertiary/aromatic N) is 1. The highest BCUT2D eigenvalue weighted by Crippen LogP contribution is 2.20. The Kier molecular flexibility index (Phi) is 6.02. The molecule has 2 aromatic rings. The van der Waals surface area contributed by atoms with Gasteiger partial charge in [0, 0.05) is 37.0 Å². The van der Waals surface area contributed by atoms with Crippen LogP contribution in [0.5, 0.6) is 0 Å². The number of sulfonamides is 1. The zero-order valence-corrected chi connectivity index (χ0v) is 16.4. The third kappa shape index (κ3) is 5.02. The molecule has 1 aliphatic rings. The normalized spacial score (nSPS) is 14.0. The van der Waals surface area contributed by atoms with Gasteiger partial charge in [-0.25, -0.2) is 8.42 Å².